The summed E-state index contributed by atoms with van der Waals surface area (Å²) in [4.78, 5) is 28.6. The predicted octanol–water partition coefficient (Wildman–Crippen LogP) is 3.68. The molecule has 8 nitrogen and oxygen atoms in total. The maximum atomic E-state index is 13.6. The molecular formula is C24H27N3O5S. The lowest BCUT2D eigenvalue weighted by atomic mass is 10.1. The zero-order valence-electron chi connectivity index (χ0n) is 19.5. The molecule has 174 valence electrons. The molecule has 2 unspecified atom stereocenters. The van der Waals surface area contributed by atoms with Gasteiger partial charge in [-0.2, -0.15) is 0 Å². The van der Waals surface area contributed by atoms with E-state index >= 15 is 0 Å². The molecule has 1 aliphatic rings. The van der Waals surface area contributed by atoms with Crippen LogP contribution in [-0.4, -0.2) is 41.9 Å². The Balaban J connectivity index is 1.90. The fraction of sp³-hybridized carbons (Fsp3) is 0.333. The van der Waals surface area contributed by atoms with Crippen molar-refractivity contribution in [2.75, 3.05) is 26.2 Å². The molecule has 1 saturated heterocycles. The van der Waals surface area contributed by atoms with Crippen molar-refractivity contribution in [1.29, 1.82) is 0 Å². The summed E-state index contributed by atoms with van der Waals surface area (Å²) in [5.41, 5.74) is 2.32. The Labute approximate surface area is 196 Å². The zero-order chi connectivity index (χ0) is 23.9. The Hall–Kier alpha value is -3.33. The normalized spacial score (nSPS) is 18.0. The van der Waals surface area contributed by atoms with Crippen LogP contribution in [0.1, 0.15) is 23.6 Å². The second-order valence-electron chi connectivity index (χ2n) is 7.71. The van der Waals surface area contributed by atoms with Gasteiger partial charge in [-0.1, -0.05) is 18.2 Å². The van der Waals surface area contributed by atoms with Crippen molar-refractivity contribution in [1.82, 2.24) is 9.36 Å². The molecule has 33 heavy (non-hydrogen) atoms. The van der Waals surface area contributed by atoms with Crippen LogP contribution in [0.2, 0.25) is 0 Å². The molecule has 0 radical (unpaired) electrons. The summed E-state index contributed by atoms with van der Waals surface area (Å²) in [7, 11) is 6.46. The minimum atomic E-state index is -0.431. The van der Waals surface area contributed by atoms with Crippen molar-refractivity contribution in [3.63, 3.8) is 0 Å². The smallest absolute Gasteiger partial charge is 0.295 e. The third-order valence-electron chi connectivity index (χ3n) is 5.89. The highest BCUT2D eigenvalue weighted by atomic mass is 32.2. The number of thioether (sulfide) groups is 1. The highest BCUT2D eigenvalue weighted by molar-refractivity contribution is 8.01. The minimum absolute atomic E-state index is 0.121. The quantitative estimate of drug-likeness (QED) is 0.548. The number of ether oxygens (including phenoxy) is 3. The Bertz CT molecular complexity index is 1230. The molecule has 1 amide bonds. The first-order chi connectivity index (χ1) is 15.8. The molecule has 0 spiro atoms. The third-order valence-corrected chi connectivity index (χ3v) is 7.24. The van der Waals surface area contributed by atoms with Gasteiger partial charge in [-0.15, -0.1) is 11.8 Å². The van der Waals surface area contributed by atoms with Crippen molar-refractivity contribution in [3.05, 3.63) is 64.1 Å². The Kier molecular flexibility index (Phi) is 6.16. The van der Waals surface area contributed by atoms with Gasteiger partial charge >= 0.3 is 0 Å². The summed E-state index contributed by atoms with van der Waals surface area (Å²) in [5, 5.41) is -0.752. The SMILES string of the molecule is COc1cc(C2SC(C)C(=O)N2c2c(C)n(C)n(-c3ccccc3)c2=O)cc(OC)c1OC. The van der Waals surface area contributed by atoms with Crippen molar-refractivity contribution < 1.29 is 19.0 Å². The fourth-order valence-corrected chi connectivity index (χ4v) is 5.40. The van der Waals surface area contributed by atoms with Gasteiger partial charge in [0.1, 0.15) is 11.1 Å². The molecule has 4 rings (SSSR count). The van der Waals surface area contributed by atoms with Gasteiger partial charge in [-0.05, 0) is 43.7 Å². The van der Waals surface area contributed by atoms with E-state index in [9.17, 15) is 9.59 Å². The molecule has 2 heterocycles. The molecular weight excluding hydrogens is 442 g/mol. The van der Waals surface area contributed by atoms with E-state index in [0.29, 0.717) is 28.6 Å². The predicted molar refractivity (Wildman–Crippen MR) is 129 cm³/mol. The van der Waals surface area contributed by atoms with Gasteiger partial charge in [0.2, 0.25) is 11.7 Å². The minimum Gasteiger partial charge on any atom is -0.493 e. The highest BCUT2D eigenvalue weighted by Gasteiger charge is 2.43. The second kappa shape index (κ2) is 8.90. The van der Waals surface area contributed by atoms with E-state index in [1.54, 1.807) is 35.6 Å². The molecule has 3 aromatic rings. The van der Waals surface area contributed by atoms with Gasteiger partial charge in [0.25, 0.3) is 5.56 Å². The molecule has 2 atom stereocenters. The molecule has 0 saturated carbocycles. The second-order valence-corrected chi connectivity index (χ2v) is 9.13. The van der Waals surface area contributed by atoms with Crippen LogP contribution in [0.4, 0.5) is 5.69 Å². The number of nitrogens with zero attached hydrogens (tertiary/aromatic N) is 3. The lowest BCUT2D eigenvalue weighted by Crippen LogP contribution is -2.34. The molecule has 1 aliphatic heterocycles. The molecule has 9 heteroatoms. The Morgan fingerprint density at radius 2 is 1.55 bits per heavy atom. The average molecular weight is 470 g/mol. The van der Waals surface area contributed by atoms with E-state index in [4.69, 9.17) is 14.2 Å². The van der Waals surface area contributed by atoms with Crippen molar-refractivity contribution in [2.24, 2.45) is 7.05 Å². The maximum Gasteiger partial charge on any atom is 0.295 e. The number of benzene rings is 2. The van der Waals surface area contributed by atoms with Crippen LogP contribution in [0.3, 0.4) is 0 Å². The number of amides is 1. The first kappa shape index (κ1) is 22.8. The van der Waals surface area contributed by atoms with E-state index < -0.39 is 5.37 Å². The summed E-state index contributed by atoms with van der Waals surface area (Å²) < 4.78 is 19.8. The van der Waals surface area contributed by atoms with Gasteiger partial charge in [0.15, 0.2) is 11.5 Å². The van der Waals surface area contributed by atoms with Gasteiger partial charge < -0.3 is 14.2 Å². The van der Waals surface area contributed by atoms with Crippen LogP contribution in [0.15, 0.2) is 47.3 Å². The van der Waals surface area contributed by atoms with E-state index in [0.717, 1.165) is 11.3 Å². The molecule has 0 N–H and O–H groups in total. The first-order valence-electron chi connectivity index (χ1n) is 10.5. The number of aromatic nitrogens is 2. The van der Waals surface area contributed by atoms with Crippen LogP contribution in [0, 0.1) is 6.92 Å². The van der Waals surface area contributed by atoms with Crippen molar-refractivity contribution in [3.8, 4) is 22.9 Å². The Morgan fingerprint density at radius 3 is 2.09 bits per heavy atom. The monoisotopic (exact) mass is 469 g/mol. The Morgan fingerprint density at radius 1 is 0.939 bits per heavy atom. The summed E-state index contributed by atoms with van der Waals surface area (Å²) in [5.74, 6) is 1.33. The largest absolute Gasteiger partial charge is 0.493 e. The van der Waals surface area contributed by atoms with Crippen LogP contribution >= 0.6 is 11.8 Å². The van der Waals surface area contributed by atoms with Crippen LogP contribution in [0.5, 0.6) is 17.2 Å². The number of para-hydroxylation sites is 1. The molecule has 1 fully saturated rings. The van der Waals surface area contributed by atoms with E-state index in [1.807, 2.05) is 63.4 Å². The first-order valence-corrected chi connectivity index (χ1v) is 11.4. The summed E-state index contributed by atoms with van der Waals surface area (Å²) in [6.45, 7) is 3.70. The summed E-state index contributed by atoms with van der Waals surface area (Å²) in [6.07, 6.45) is 0. The topological polar surface area (TPSA) is 74.9 Å². The number of hydrogen-bond donors (Lipinski definition) is 0. The van der Waals surface area contributed by atoms with Crippen LogP contribution in [0.25, 0.3) is 5.69 Å². The lowest BCUT2D eigenvalue weighted by molar-refractivity contribution is -0.117. The molecule has 0 bridgehead atoms. The summed E-state index contributed by atoms with van der Waals surface area (Å²) >= 11 is 1.48. The molecule has 0 aliphatic carbocycles. The number of anilines is 1. The van der Waals surface area contributed by atoms with Gasteiger partial charge in [-0.25, -0.2) is 4.68 Å². The van der Waals surface area contributed by atoms with E-state index in [1.165, 1.54) is 11.8 Å². The van der Waals surface area contributed by atoms with E-state index in [2.05, 4.69) is 0 Å². The number of carbonyl (C=O) groups is 1. The lowest BCUT2D eigenvalue weighted by Gasteiger charge is -2.24. The van der Waals surface area contributed by atoms with Gasteiger partial charge in [0, 0.05) is 7.05 Å². The van der Waals surface area contributed by atoms with Crippen LogP contribution in [-0.2, 0) is 11.8 Å². The maximum absolute atomic E-state index is 13.6. The molecule has 1 aromatic heterocycles. The zero-order valence-corrected chi connectivity index (χ0v) is 20.3. The van der Waals surface area contributed by atoms with Crippen LogP contribution < -0.4 is 24.7 Å². The molecule has 2 aromatic carbocycles. The van der Waals surface area contributed by atoms with Crippen molar-refractivity contribution in [2.45, 2.75) is 24.5 Å². The average Bonchev–Trinajstić information content (AvgIpc) is 3.24. The van der Waals surface area contributed by atoms with Gasteiger partial charge in [-0.3, -0.25) is 19.2 Å². The number of methoxy groups -OCH3 is 3. The number of rotatable bonds is 6. The highest BCUT2D eigenvalue weighted by Crippen LogP contribution is 2.49. The fourth-order valence-electron chi connectivity index (χ4n) is 4.15. The summed E-state index contributed by atoms with van der Waals surface area (Å²) in [6, 6.07) is 13.0. The third kappa shape index (κ3) is 3.66. The number of hydrogen-bond acceptors (Lipinski definition) is 6. The van der Waals surface area contributed by atoms with Gasteiger partial charge in [0.05, 0.1) is 38.0 Å². The van der Waals surface area contributed by atoms with Crippen molar-refractivity contribution >= 4 is 23.4 Å². The van der Waals surface area contributed by atoms with E-state index in [-0.39, 0.29) is 16.7 Å². The standard InChI is InChI=1S/C24H27N3O5S/c1-14-20(23(29)27(25(14)3)17-10-8-7-9-11-17)26-22(28)15(2)33-24(26)16-12-18(30-4)21(32-6)19(13-16)31-5/h7-13,15,24H,1-6H3. The number of carbonyl (C=O) groups excluding carboxylic acids is 1.